The summed E-state index contributed by atoms with van der Waals surface area (Å²) in [7, 11) is 0. The first-order valence-corrected chi connectivity index (χ1v) is 8.78. The molecule has 5 nitrogen and oxygen atoms in total. The van der Waals surface area contributed by atoms with E-state index in [-0.39, 0.29) is 24.3 Å². The maximum atomic E-state index is 13.3. The SMILES string of the molecule is CC(C1OCCC(c2noc3cc(F)ccc23)O1)N1CCCCC1. The number of fused-ring (bicyclic) bond motifs is 1. The van der Waals surface area contributed by atoms with Gasteiger partial charge >= 0.3 is 0 Å². The summed E-state index contributed by atoms with van der Waals surface area (Å²) in [6.45, 7) is 4.99. The molecule has 2 fully saturated rings. The molecule has 3 unspecified atom stereocenters. The average molecular weight is 334 g/mol. The van der Waals surface area contributed by atoms with E-state index in [0.29, 0.717) is 12.2 Å². The fraction of sp³-hybridized carbons (Fsp3) is 0.611. The Labute approximate surface area is 140 Å². The largest absolute Gasteiger partial charge is 0.356 e. The van der Waals surface area contributed by atoms with Gasteiger partial charge in [-0.15, -0.1) is 0 Å². The standard InChI is InChI=1S/C18H23FN2O3/c1-12(21-8-3-2-4-9-21)18-22-10-7-15(23-18)17-14-6-5-13(19)11-16(14)24-20-17/h5-6,11-12,15,18H,2-4,7-10H2,1H3. The molecule has 0 N–H and O–H groups in total. The zero-order chi connectivity index (χ0) is 16.5. The number of hydrogen-bond acceptors (Lipinski definition) is 5. The fourth-order valence-electron chi connectivity index (χ4n) is 3.68. The van der Waals surface area contributed by atoms with Crippen molar-refractivity contribution in [2.24, 2.45) is 0 Å². The molecule has 0 bridgehead atoms. The number of halogens is 1. The molecule has 0 saturated carbocycles. The van der Waals surface area contributed by atoms with Crippen molar-refractivity contribution in [2.75, 3.05) is 19.7 Å². The normalized spacial score (nSPS) is 27.4. The van der Waals surface area contributed by atoms with Crippen LogP contribution < -0.4 is 0 Å². The fourth-order valence-corrected chi connectivity index (χ4v) is 3.68. The molecule has 0 radical (unpaired) electrons. The molecule has 24 heavy (non-hydrogen) atoms. The quantitative estimate of drug-likeness (QED) is 0.857. The molecule has 0 amide bonds. The molecular weight excluding hydrogens is 311 g/mol. The molecule has 2 aromatic rings. The summed E-state index contributed by atoms with van der Waals surface area (Å²) in [5, 5.41) is 4.94. The monoisotopic (exact) mass is 334 g/mol. The van der Waals surface area contributed by atoms with Crippen LogP contribution >= 0.6 is 0 Å². The maximum absolute atomic E-state index is 13.3. The number of likely N-dealkylation sites (tertiary alicyclic amines) is 1. The first kappa shape index (κ1) is 16.0. The number of ether oxygens (including phenoxy) is 2. The highest BCUT2D eigenvalue weighted by Crippen LogP contribution is 2.33. The first-order valence-electron chi connectivity index (χ1n) is 8.78. The van der Waals surface area contributed by atoms with Crippen LogP contribution in [0.5, 0.6) is 0 Å². The molecule has 3 heterocycles. The van der Waals surface area contributed by atoms with Crippen LogP contribution in [0.4, 0.5) is 4.39 Å². The number of benzene rings is 1. The van der Waals surface area contributed by atoms with Gasteiger partial charge in [0.2, 0.25) is 0 Å². The van der Waals surface area contributed by atoms with Crippen molar-refractivity contribution in [3.63, 3.8) is 0 Å². The van der Waals surface area contributed by atoms with Gasteiger partial charge in [0.15, 0.2) is 11.9 Å². The van der Waals surface area contributed by atoms with Crippen LogP contribution in [0, 0.1) is 5.82 Å². The van der Waals surface area contributed by atoms with Crippen LogP contribution in [0.1, 0.15) is 44.4 Å². The predicted octanol–water partition coefficient (Wildman–Crippen LogP) is 3.65. The van der Waals surface area contributed by atoms with Crippen molar-refractivity contribution in [2.45, 2.75) is 51.0 Å². The second kappa shape index (κ2) is 6.78. The predicted molar refractivity (Wildman–Crippen MR) is 87.0 cm³/mol. The molecule has 4 rings (SSSR count). The summed E-state index contributed by atoms with van der Waals surface area (Å²) in [6, 6.07) is 4.71. The minimum Gasteiger partial charge on any atom is -0.356 e. The molecule has 6 heteroatoms. The Balaban J connectivity index is 1.51. The van der Waals surface area contributed by atoms with Crippen LogP contribution in [0.2, 0.25) is 0 Å². The second-order valence-electron chi connectivity index (χ2n) is 6.70. The van der Waals surface area contributed by atoms with E-state index in [2.05, 4.69) is 17.0 Å². The van der Waals surface area contributed by atoms with E-state index in [9.17, 15) is 4.39 Å². The van der Waals surface area contributed by atoms with E-state index >= 15 is 0 Å². The van der Waals surface area contributed by atoms with Crippen LogP contribution in [0.3, 0.4) is 0 Å². The lowest BCUT2D eigenvalue weighted by molar-refractivity contribution is -0.240. The summed E-state index contributed by atoms with van der Waals surface area (Å²) in [6.07, 6.45) is 4.05. The molecule has 0 spiro atoms. The third kappa shape index (κ3) is 3.06. The molecule has 1 aromatic carbocycles. The summed E-state index contributed by atoms with van der Waals surface area (Å²) in [5.41, 5.74) is 1.20. The van der Waals surface area contributed by atoms with E-state index in [4.69, 9.17) is 14.0 Å². The van der Waals surface area contributed by atoms with E-state index in [1.165, 1.54) is 31.4 Å². The van der Waals surface area contributed by atoms with Gasteiger partial charge in [0.05, 0.1) is 12.6 Å². The van der Waals surface area contributed by atoms with Gasteiger partial charge in [0.25, 0.3) is 0 Å². The van der Waals surface area contributed by atoms with Gasteiger partial charge in [-0.1, -0.05) is 11.6 Å². The Morgan fingerprint density at radius 3 is 2.92 bits per heavy atom. The van der Waals surface area contributed by atoms with Crippen molar-refractivity contribution < 1.29 is 18.4 Å². The van der Waals surface area contributed by atoms with Gasteiger partial charge < -0.3 is 14.0 Å². The summed E-state index contributed by atoms with van der Waals surface area (Å²) in [4.78, 5) is 2.44. The number of nitrogens with zero attached hydrogens (tertiary/aromatic N) is 2. The number of aromatic nitrogens is 1. The van der Waals surface area contributed by atoms with E-state index in [1.54, 1.807) is 6.07 Å². The molecule has 3 atom stereocenters. The molecular formula is C18H23FN2O3. The van der Waals surface area contributed by atoms with Crippen molar-refractivity contribution in [3.05, 3.63) is 29.7 Å². The zero-order valence-electron chi connectivity index (χ0n) is 13.9. The Morgan fingerprint density at radius 2 is 2.08 bits per heavy atom. The van der Waals surface area contributed by atoms with Gasteiger partial charge in [-0.2, -0.15) is 0 Å². The van der Waals surface area contributed by atoms with Crippen molar-refractivity contribution in [3.8, 4) is 0 Å². The Hall–Kier alpha value is -1.50. The molecule has 130 valence electrons. The lowest BCUT2D eigenvalue weighted by atomic mass is 10.1. The third-order valence-corrected chi connectivity index (χ3v) is 5.09. The Bertz CT molecular complexity index is 699. The lowest BCUT2D eigenvalue weighted by Gasteiger charge is -2.39. The van der Waals surface area contributed by atoms with Crippen molar-refractivity contribution in [1.29, 1.82) is 0 Å². The maximum Gasteiger partial charge on any atom is 0.173 e. The van der Waals surface area contributed by atoms with Crippen molar-refractivity contribution >= 4 is 11.0 Å². The smallest absolute Gasteiger partial charge is 0.173 e. The van der Waals surface area contributed by atoms with Gasteiger partial charge in [-0.05, 0) is 45.0 Å². The van der Waals surface area contributed by atoms with Crippen LogP contribution in [0.15, 0.2) is 22.7 Å². The highest BCUT2D eigenvalue weighted by atomic mass is 19.1. The van der Waals surface area contributed by atoms with E-state index < -0.39 is 0 Å². The minimum absolute atomic E-state index is 0.178. The van der Waals surface area contributed by atoms with Gasteiger partial charge in [-0.25, -0.2) is 4.39 Å². The molecule has 0 aliphatic carbocycles. The number of hydrogen-bond donors (Lipinski definition) is 0. The van der Waals surface area contributed by atoms with Crippen LogP contribution in [0.25, 0.3) is 11.0 Å². The van der Waals surface area contributed by atoms with E-state index in [1.807, 2.05) is 0 Å². The van der Waals surface area contributed by atoms with Crippen LogP contribution in [-0.2, 0) is 9.47 Å². The Kier molecular flexibility index (Phi) is 4.52. The topological polar surface area (TPSA) is 47.7 Å². The van der Waals surface area contributed by atoms with Crippen molar-refractivity contribution in [1.82, 2.24) is 10.1 Å². The minimum atomic E-state index is -0.324. The number of piperidine rings is 1. The van der Waals surface area contributed by atoms with E-state index in [0.717, 1.165) is 30.6 Å². The summed E-state index contributed by atoms with van der Waals surface area (Å²) >= 11 is 0. The van der Waals surface area contributed by atoms with Crippen LogP contribution in [-0.4, -0.2) is 42.1 Å². The highest BCUT2D eigenvalue weighted by Gasteiger charge is 2.34. The molecule has 2 aliphatic rings. The highest BCUT2D eigenvalue weighted by molar-refractivity contribution is 5.79. The molecule has 1 aromatic heterocycles. The number of rotatable bonds is 3. The second-order valence-corrected chi connectivity index (χ2v) is 6.70. The summed E-state index contributed by atoms with van der Waals surface area (Å²) in [5.74, 6) is -0.324. The Morgan fingerprint density at radius 1 is 1.25 bits per heavy atom. The first-order chi connectivity index (χ1) is 11.7. The molecule has 2 aliphatic heterocycles. The molecule has 2 saturated heterocycles. The lowest BCUT2D eigenvalue weighted by Crippen LogP contribution is -2.48. The van der Waals surface area contributed by atoms with Gasteiger partial charge in [0.1, 0.15) is 17.6 Å². The van der Waals surface area contributed by atoms with Gasteiger partial charge in [0, 0.05) is 17.9 Å². The summed E-state index contributed by atoms with van der Waals surface area (Å²) < 4.78 is 30.7. The zero-order valence-corrected chi connectivity index (χ0v) is 13.9. The van der Waals surface area contributed by atoms with Gasteiger partial charge in [-0.3, -0.25) is 4.90 Å². The average Bonchev–Trinajstić information content (AvgIpc) is 3.05. The third-order valence-electron chi connectivity index (χ3n) is 5.09.